The minimum absolute atomic E-state index is 0.731. The number of aryl methyl sites for hydroxylation is 1. The van der Waals surface area contributed by atoms with Crippen molar-refractivity contribution in [2.75, 3.05) is 0 Å². The Morgan fingerprint density at radius 1 is 1.00 bits per heavy atom. The van der Waals surface area contributed by atoms with E-state index in [1.165, 1.54) is 0 Å². The van der Waals surface area contributed by atoms with Gasteiger partial charge in [0.05, 0.1) is 24.3 Å². The van der Waals surface area contributed by atoms with Gasteiger partial charge in [0, 0.05) is 28.9 Å². The average Bonchev–Trinajstić information content (AvgIpc) is 3.12. The molecule has 0 bridgehead atoms. The van der Waals surface area contributed by atoms with Crippen LogP contribution in [0.4, 0.5) is 0 Å². The van der Waals surface area contributed by atoms with Gasteiger partial charge in [0.25, 0.3) is 0 Å². The van der Waals surface area contributed by atoms with Crippen LogP contribution in [0.25, 0.3) is 22.4 Å². The normalized spacial score (nSPS) is 11.2. The Balaban J connectivity index is 1.81. The maximum absolute atomic E-state index is 4.53. The number of nitrogens with zero attached hydrogens (tertiary/aromatic N) is 6. The molecule has 7 heteroatoms. The predicted octanol–water partition coefficient (Wildman–Crippen LogP) is 2.60. The molecule has 0 unspecified atom stereocenters. The first-order valence-electron chi connectivity index (χ1n) is 6.70. The van der Waals surface area contributed by atoms with Crippen molar-refractivity contribution in [3.63, 3.8) is 0 Å². The van der Waals surface area contributed by atoms with E-state index in [4.69, 9.17) is 0 Å². The fourth-order valence-corrected chi connectivity index (χ4v) is 2.44. The van der Waals surface area contributed by atoms with E-state index < -0.39 is 0 Å². The minimum atomic E-state index is 0.731. The van der Waals surface area contributed by atoms with Crippen molar-refractivity contribution in [3.8, 4) is 11.5 Å². The Bertz CT molecular complexity index is 971. The zero-order chi connectivity index (χ0) is 15.1. The van der Waals surface area contributed by atoms with Crippen LogP contribution in [0.2, 0.25) is 0 Å². The molecule has 0 aromatic carbocycles. The monoisotopic (exact) mass is 308 g/mol. The number of fused-ring (bicyclic) bond motifs is 1. The number of aromatic nitrogens is 6. The van der Waals surface area contributed by atoms with Crippen molar-refractivity contribution in [2.45, 2.75) is 11.8 Å². The fraction of sp³-hybridized carbons (Fsp3) is 0.0667. The molecule has 0 atom stereocenters. The topological polar surface area (TPSA) is 61.4 Å². The van der Waals surface area contributed by atoms with Crippen LogP contribution in [0.15, 0.2) is 54.2 Å². The second-order valence-electron chi connectivity index (χ2n) is 5.04. The molecule has 0 saturated heterocycles. The highest BCUT2D eigenvalue weighted by atomic mass is 32.1. The summed E-state index contributed by atoms with van der Waals surface area (Å²) in [5, 5.41) is 9.73. The van der Waals surface area contributed by atoms with Gasteiger partial charge in [-0.2, -0.15) is 10.2 Å². The van der Waals surface area contributed by atoms with Gasteiger partial charge < -0.3 is 0 Å². The molecule has 0 aliphatic heterocycles. The molecule has 0 saturated carbocycles. The van der Waals surface area contributed by atoms with Gasteiger partial charge in [0.2, 0.25) is 0 Å². The van der Waals surface area contributed by atoms with E-state index in [2.05, 4.69) is 32.8 Å². The summed E-state index contributed by atoms with van der Waals surface area (Å²) in [7, 11) is 0. The van der Waals surface area contributed by atoms with Crippen LogP contribution < -0.4 is 0 Å². The lowest BCUT2D eigenvalue weighted by Crippen LogP contribution is -1.96. The molecule has 0 aliphatic carbocycles. The SMILES string of the molecule is Cc1cncc(-n2cc3cc(-n4cc(S)cn4)ncc3n2)c1. The quantitative estimate of drug-likeness (QED) is 0.578. The van der Waals surface area contributed by atoms with Crippen LogP contribution in [0, 0.1) is 6.92 Å². The van der Waals surface area contributed by atoms with Gasteiger partial charge in [-0.15, -0.1) is 12.6 Å². The van der Waals surface area contributed by atoms with Gasteiger partial charge in [-0.25, -0.2) is 14.3 Å². The molecule has 0 spiro atoms. The van der Waals surface area contributed by atoms with E-state index in [1.807, 2.05) is 42.3 Å². The maximum atomic E-state index is 4.53. The Labute approximate surface area is 131 Å². The molecular formula is C15H12N6S. The lowest BCUT2D eigenvalue weighted by Gasteiger charge is -2.00. The van der Waals surface area contributed by atoms with Crippen LogP contribution >= 0.6 is 12.6 Å². The Hall–Kier alpha value is -2.67. The average molecular weight is 308 g/mol. The Morgan fingerprint density at radius 3 is 2.68 bits per heavy atom. The third-order valence-corrected chi connectivity index (χ3v) is 3.54. The number of pyridine rings is 2. The van der Waals surface area contributed by atoms with Crippen molar-refractivity contribution >= 4 is 23.5 Å². The third-order valence-electron chi connectivity index (χ3n) is 3.31. The molecule has 108 valence electrons. The second kappa shape index (κ2) is 4.96. The van der Waals surface area contributed by atoms with Gasteiger partial charge >= 0.3 is 0 Å². The van der Waals surface area contributed by atoms with Gasteiger partial charge in [-0.1, -0.05) is 0 Å². The first-order chi connectivity index (χ1) is 10.7. The molecule has 0 aliphatic rings. The number of hydrogen-bond donors (Lipinski definition) is 1. The summed E-state index contributed by atoms with van der Waals surface area (Å²) in [6.07, 6.45) is 10.8. The van der Waals surface area contributed by atoms with Gasteiger partial charge in [-0.05, 0) is 24.6 Å². The number of hydrogen-bond acceptors (Lipinski definition) is 5. The molecule has 4 heterocycles. The third kappa shape index (κ3) is 2.25. The summed E-state index contributed by atoms with van der Waals surface area (Å²) in [5.74, 6) is 0.731. The molecular weight excluding hydrogens is 296 g/mol. The van der Waals surface area contributed by atoms with Crippen LogP contribution in [0.1, 0.15) is 5.56 Å². The van der Waals surface area contributed by atoms with Gasteiger partial charge in [-0.3, -0.25) is 4.98 Å². The Morgan fingerprint density at radius 2 is 1.91 bits per heavy atom. The summed E-state index contributed by atoms with van der Waals surface area (Å²) in [4.78, 5) is 9.38. The van der Waals surface area contributed by atoms with Gasteiger partial charge in [0.1, 0.15) is 5.52 Å². The molecule has 4 aromatic rings. The van der Waals surface area contributed by atoms with E-state index in [-0.39, 0.29) is 0 Å². The molecule has 4 aromatic heterocycles. The van der Waals surface area contributed by atoms with E-state index in [0.717, 1.165) is 32.9 Å². The highest BCUT2D eigenvalue weighted by molar-refractivity contribution is 7.80. The summed E-state index contributed by atoms with van der Waals surface area (Å²) in [6.45, 7) is 2.01. The Kier molecular flexibility index (Phi) is 2.93. The summed E-state index contributed by atoms with van der Waals surface area (Å²) in [5.41, 5.74) is 2.84. The molecule has 0 fully saturated rings. The first-order valence-corrected chi connectivity index (χ1v) is 7.15. The molecule has 0 amide bonds. The molecule has 22 heavy (non-hydrogen) atoms. The fourth-order valence-electron chi connectivity index (χ4n) is 2.28. The summed E-state index contributed by atoms with van der Waals surface area (Å²) >= 11 is 4.26. The molecule has 6 nitrogen and oxygen atoms in total. The lowest BCUT2D eigenvalue weighted by atomic mass is 10.3. The highest BCUT2D eigenvalue weighted by Gasteiger charge is 2.07. The number of rotatable bonds is 2. The lowest BCUT2D eigenvalue weighted by molar-refractivity contribution is 0.848. The molecule has 4 rings (SSSR count). The maximum Gasteiger partial charge on any atom is 0.154 e. The zero-order valence-electron chi connectivity index (χ0n) is 11.7. The van der Waals surface area contributed by atoms with Crippen molar-refractivity contribution in [3.05, 3.63) is 54.9 Å². The van der Waals surface area contributed by atoms with Crippen LogP contribution in [0.3, 0.4) is 0 Å². The van der Waals surface area contributed by atoms with E-state index in [9.17, 15) is 0 Å². The van der Waals surface area contributed by atoms with Crippen LogP contribution in [-0.4, -0.2) is 29.5 Å². The highest BCUT2D eigenvalue weighted by Crippen LogP contribution is 2.18. The largest absolute Gasteiger partial charge is 0.262 e. The van der Waals surface area contributed by atoms with Crippen molar-refractivity contribution in [1.82, 2.24) is 29.5 Å². The zero-order valence-corrected chi connectivity index (χ0v) is 12.6. The van der Waals surface area contributed by atoms with Crippen LogP contribution in [-0.2, 0) is 0 Å². The van der Waals surface area contributed by atoms with E-state index in [1.54, 1.807) is 23.3 Å². The van der Waals surface area contributed by atoms with E-state index in [0.29, 0.717) is 0 Å². The predicted molar refractivity (Wildman–Crippen MR) is 85.8 cm³/mol. The van der Waals surface area contributed by atoms with Crippen molar-refractivity contribution in [2.24, 2.45) is 0 Å². The molecule has 0 N–H and O–H groups in total. The second-order valence-corrected chi connectivity index (χ2v) is 5.55. The standard InChI is InChI=1S/C15H12N6S/c1-10-2-12(5-16-4-10)20-8-11-3-15(17-7-14(11)19-20)21-9-13(22)6-18-21/h2-9,22H,1H3. The van der Waals surface area contributed by atoms with Crippen LogP contribution in [0.5, 0.6) is 0 Å². The van der Waals surface area contributed by atoms with Crippen molar-refractivity contribution < 1.29 is 0 Å². The summed E-state index contributed by atoms with van der Waals surface area (Å²) in [6, 6.07) is 3.98. The smallest absolute Gasteiger partial charge is 0.154 e. The first kappa shape index (κ1) is 13.0. The van der Waals surface area contributed by atoms with E-state index >= 15 is 0 Å². The summed E-state index contributed by atoms with van der Waals surface area (Å²) < 4.78 is 3.50. The minimum Gasteiger partial charge on any atom is -0.262 e. The van der Waals surface area contributed by atoms with Crippen molar-refractivity contribution in [1.29, 1.82) is 0 Å². The molecule has 0 radical (unpaired) electrons. The number of thiol groups is 1. The van der Waals surface area contributed by atoms with Gasteiger partial charge in [0.15, 0.2) is 5.82 Å².